The molecule has 1 aromatic carbocycles. The number of carbonyl (C=O) groups is 1. The van der Waals surface area contributed by atoms with Gasteiger partial charge < -0.3 is 15.4 Å². The molecule has 0 bridgehead atoms. The Bertz CT molecular complexity index is 530. The third-order valence-electron chi connectivity index (χ3n) is 5.07. The average molecular weight is 288 g/mol. The summed E-state index contributed by atoms with van der Waals surface area (Å²) in [7, 11) is 1.58. The molecule has 4 heteroatoms. The molecule has 114 valence electrons. The molecule has 2 atom stereocenters. The van der Waals surface area contributed by atoms with E-state index in [0.29, 0.717) is 22.9 Å². The first-order valence-corrected chi connectivity index (χ1v) is 7.92. The molecule has 0 spiro atoms. The summed E-state index contributed by atoms with van der Waals surface area (Å²) in [6.45, 7) is 1.72. The first-order valence-electron chi connectivity index (χ1n) is 7.92. The summed E-state index contributed by atoms with van der Waals surface area (Å²) in [4.78, 5) is 14.8. The zero-order valence-corrected chi connectivity index (χ0v) is 12.7. The Morgan fingerprint density at radius 2 is 2.00 bits per heavy atom. The first-order chi connectivity index (χ1) is 10.2. The quantitative estimate of drug-likeness (QED) is 0.851. The molecule has 1 amide bonds. The molecule has 21 heavy (non-hydrogen) atoms. The number of rotatable bonds is 2. The van der Waals surface area contributed by atoms with E-state index in [4.69, 9.17) is 10.5 Å². The maximum Gasteiger partial charge on any atom is 0.259 e. The van der Waals surface area contributed by atoms with E-state index in [1.165, 1.54) is 25.7 Å². The first kappa shape index (κ1) is 14.2. The van der Waals surface area contributed by atoms with E-state index in [1.54, 1.807) is 19.2 Å². The van der Waals surface area contributed by atoms with Crippen LogP contribution in [0.2, 0.25) is 0 Å². The van der Waals surface area contributed by atoms with Crippen molar-refractivity contribution in [2.24, 2.45) is 11.8 Å². The Balaban J connectivity index is 1.80. The van der Waals surface area contributed by atoms with Gasteiger partial charge in [0.1, 0.15) is 11.3 Å². The third-order valence-corrected chi connectivity index (χ3v) is 5.07. The summed E-state index contributed by atoms with van der Waals surface area (Å²) in [5.74, 6) is 2.09. The summed E-state index contributed by atoms with van der Waals surface area (Å²) in [5, 5.41) is 0. The molecule has 1 saturated heterocycles. The Morgan fingerprint density at radius 3 is 2.76 bits per heavy atom. The predicted molar refractivity (Wildman–Crippen MR) is 83.4 cm³/mol. The summed E-state index contributed by atoms with van der Waals surface area (Å²) in [6.07, 6.45) is 6.39. The van der Waals surface area contributed by atoms with Gasteiger partial charge >= 0.3 is 0 Å². The second-order valence-electron chi connectivity index (χ2n) is 6.27. The minimum atomic E-state index is 0.0222. The number of nitrogen functional groups attached to an aromatic ring is 1. The number of amides is 1. The Kier molecular flexibility index (Phi) is 4.04. The summed E-state index contributed by atoms with van der Waals surface area (Å²) >= 11 is 0. The van der Waals surface area contributed by atoms with E-state index >= 15 is 0 Å². The van der Waals surface area contributed by atoms with Crippen LogP contribution in [0, 0.1) is 11.8 Å². The van der Waals surface area contributed by atoms with E-state index in [-0.39, 0.29) is 5.91 Å². The second kappa shape index (κ2) is 5.96. The van der Waals surface area contributed by atoms with Gasteiger partial charge in [-0.15, -0.1) is 0 Å². The van der Waals surface area contributed by atoms with Crippen molar-refractivity contribution in [3.63, 3.8) is 0 Å². The van der Waals surface area contributed by atoms with E-state index in [1.807, 2.05) is 11.0 Å². The molecule has 0 radical (unpaired) electrons. The Morgan fingerprint density at radius 1 is 1.24 bits per heavy atom. The van der Waals surface area contributed by atoms with E-state index in [2.05, 4.69) is 0 Å². The van der Waals surface area contributed by atoms with Gasteiger partial charge in [-0.1, -0.05) is 25.3 Å². The van der Waals surface area contributed by atoms with Gasteiger partial charge in [0.2, 0.25) is 0 Å². The number of hydrogen-bond acceptors (Lipinski definition) is 3. The standard InChI is InChI=1S/C17H24N2O2/c1-21-15-8-4-7-14(18)16(15)17(20)19-10-9-12-5-2-3-6-13(12)11-19/h4,7-8,12-13H,2-3,5-6,9-11,18H2,1H3. The van der Waals surface area contributed by atoms with Crippen LogP contribution in [0.15, 0.2) is 18.2 Å². The molecule has 1 aliphatic heterocycles. The van der Waals surface area contributed by atoms with Crippen LogP contribution in [-0.2, 0) is 0 Å². The molecule has 2 aliphatic rings. The average Bonchev–Trinajstić information content (AvgIpc) is 2.53. The van der Waals surface area contributed by atoms with Gasteiger partial charge in [-0.3, -0.25) is 4.79 Å². The highest BCUT2D eigenvalue weighted by Gasteiger charge is 2.34. The van der Waals surface area contributed by atoms with Crippen LogP contribution in [0.1, 0.15) is 42.5 Å². The number of benzene rings is 1. The number of methoxy groups -OCH3 is 1. The molecule has 1 saturated carbocycles. The van der Waals surface area contributed by atoms with Gasteiger partial charge in [0, 0.05) is 18.8 Å². The van der Waals surface area contributed by atoms with Crippen molar-refractivity contribution in [1.29, 1.82) is 0 Å². The van der Waals surface area contributed by atoms with Crippen molar-refractivity contribution >= 4 is 11.6 Å². The van der Waals surface area contributed by atoms with Crippen LogP contribution in [0.25, 0.3) is 0 Å². The Labute approximate surface area is 126 Å². The second-order valence-corrected chi connectivity index (χ2v) is 6.27. The van der Waals surface area contributed by atoms with Gasteiger partial charge in [0.25, 0.3) is 5.91 Å². The van der Waals surface area contributed by atoms with Crippen LogP contribution < -0.4 is 10.5 Å². The number of carbonyl (C=O) groups excluding carboxylic acids is 1. The molecule has 2 unspecified atom stereocenters. The lowest BCUT2D eigenvalue weighted by molar-refractivity contribution is 0.0519. The van der Waals surface area contributed by atoms with Crippen molar-refractivity contribution in [2.75, 3.05) is 25.9 Å². The Hall–Kier alpha value is -1.71. The number of hydrogen-bond donors (Lipinski definition) is 1. The normalized spacial score (nSPS) is 25.3. The van der Waals surface area contributed by atoms with Gasteiger partial charge in [0.15, 0.2) is 0 Å². The predicted octanol–water partition coefficient (Wildman–Crippen LogP) is 2.93. The topological polar surface area (TPSA) is 55.6 Å². The molecule has 3 rings (SSSR count). The van der Waals surface area contributed by atoms with Gasteiger partial charge in [-0.05, 0) is 36.8 Å². The van der Waals surface area contributed by atoms with E-state index in [9.17, 15) is 4.79 Å². The van der Waals surface area contributed by atoms with E-state index < -0.39 is 0 Å². The van der Waals surface area contributed by atoms with Crippen molar-refractivity contribution in [3.05, 3.63) is 23.8 Å². The lowest BCUT2D eigenvalue weighted by Crippen LogP contribution is -2.45. The fraction of sp³-hybridized carbons (Fsp3) is 0.588. The number of fused-ring (bicyclic) bond motifs is 1. The highest BCUT2D eigenvalue weighted by Crippen LogP contribution is 2.37. The molecule has 1 aromatic rings. The summed E-state index contributed by atoms with van der Waals surface area (Å²) in [5.41, 5.74) is 7.04. The monoisotopic (exact) mass is 288 g/mol. The largest absolute Gasteiger partial charge is 0.496 e. The zero-order valence-electron chi connectivity index (χ0n) is 12.7. The van der Waals surface area contributed by atoms with Gasteiger partial charge in [-0.2, -0.15) is 0 Å². The fourth-order valence-electron chi connectivity index (χ4n) is 3.89. The lowest BCUT2D eigenvalue weighted by atomic mass is 9.75. The minimum Gasteiger partial charge on any atom is -0.496 e. The minimum absolute atomic E-state index is 0.0222. The van der Waals surface area contributed by atoms with Crippen LogP contribution >= 0.6 is 0 Å². The van der Waals surface area contributed by atoms with E-state index in [0.717, 1.165) is 25.4 Å². The number of likely N-dealkylation sites (tertiary alicyclic amines) is 1. The molecular formula is C17H24N2O2. The van der Waals surface area contributed by atoms with Crippen molar-refractivity contribution in [2.45, 2.75) is 32.1 Å². The molecule has 1 heterocycles. The zero-order chi connectivity index (χ0) is 14.8. The molecular weight excluding hydrogens is 264 g/mol. The van der Waals surface area contributed by atoms with Crippen molar-refractivity contribution in [3.8, 4) is 5.75 Å². The number of piperidine rings is 1. The highest BCUT2D eigenvalue weighted by atomic mass is 16.5. The van der Waals surface area contributed by atoms with Crippen molar-refractivity contribution in [1.82, 2.24) is 4.90 Å². The van der Waals surface area contributed by atoms with Crippen molar-refractivity contribution < 1.29 is 9.53 Å². The molecule has 0 aromatic heterocycles. The number of anilines is 1. The lowest BCUT2D eigenvalue weighted by Gasteiger charge is -2.41. The van der Waals surface area contributed by atoms with Crippen LogP contribution in [0.3, 0.4) is 0 Å². The van der Waals surface area contributed by atoms with Crippen LogP contribution in [0.5, 0.6) is 5.75 Å². The molecule has 2 N–H and O–H groups in total. The number of nitrogens with two attached hydrogens (primary N) is 1. The van der Waals surface area contributed by atoms with Crippen LogP contribution in [0.4, 0.5) is 5.69 Å². The fourth-order valence-corrected chi connectivity index (χ4v) is 3.89. The SMILES string of the molecule is COc1cccc(N)c1C(=O)N1CCC2CCCCC2C1. The molecule has 2 fully saturated rings. The summed E-state index contributed by atoms with van der Waals surface area (Å²) < 4.78 is 5.32. The van der Waals surface area contributed by atoms with Gasteiger partial charge in [0.05, 0.1) is 7.11 Å². The third kappa shape index (κ3) is 2.71. The van der Waals surface area contributed by atoms with Crippen LogP contribution in [-0.4, -0.2) is 31.0 Å². The highest BCUT2D eigenvalue weighted by molar-refractivity contribution is 6.01. The summed E-state index contributed by atoms with van der Waals surface area (Å²) in [6, 6.07) is 5.39. The number of nitrogens with zero attached hydrogens (tertiary/aromatic N) is 1. The maximum atomic E-state index is 12.8. The van der Waals surface area contributed by atoms with Gasteiger partial charge in [-0.25, -0.2) is 0 Å². The maximum absolute atomic E-state index is 12.8. The number of ether oxygens (including phenoxy) is 1. The smallest absolute Gasteiger partial charge is 0.259 e. The molecule has 4 nitrogen and oxygen atoms in total. The molecule has 1 aliphatic carbocycles.